The van der Waals surface area contributed by atoms with Crippen molar-refractivity contribution in [3.8, 4) is 0 Å². The fraction of sp³-hybridized carbons (Fsp3) is 0.875. The van der Waals surface area contributed by atoms with Gasteiger partial charge >= 0.3 is 6.18 Å². The van der Waals surface area contributed by atoms with Crippen molar-refractivity contribution in [3.05, 3.63) is 0 Å². The van der Waals surface area contributed by atoms with Gasteiger partial charge in [0.25, 0.3) is 0 Å². The van der Waals surface area contributed by atoms with Gasteiger partial charge in [-0.3, -0.25) is 4.79 Å². The van der Waals surface area contributed by atoms with Gasteiger partial charge in [0.15, 0.2) is 0 Å². The topological polar surface area (TPSA) is 20.3 Å². The molecule has 0 aromatic carbocycles. The van der Waals surface area contributed by atoms with Crippen molar-refractivity contribution in [3.63, 3.8) is 0 Å². The van der Waals surface area contributed by atoms with Gasteiger partial charge in [-0.25, -0.2) is 0 Å². The lowest BCUT2D eigenvalue weighted by molar-refractivity contribution is -0.215. The molecule has 76 valence electrons. The number of rotatable bonds is 1. The Labute approximate surface area is 74.7 Å². The van der Waals surface area contributed by atoms with E-state index in [1.807, 2.05) is 0 Å². The van der Waals surface area contributed by atoms with E-state index in [9.17, 15) is 18.0 Å². The highest BCUT2D eigenvalue weighted by molar-refractivity contribution is 5.79. The molecule has 13 heavy (non-hydrogen) atoms. The first kappa shape index (κ1) is 10.3. The minimum absolute atomic E-state index is 0.0910. The standard InChI is InChI=1S/C8H12F3NO/c1-12(2)7(13)5-3-4-6(5)8(9,10)11/h5-6H,3-4H2,1-2H3. The average Bonchev–Trinajstić information content (AvgIpc) is 1.79. The molecule has 0 aromatic heterocycles. The lowest BCUT2D eigenvalue weighted by atomic mass is 9.72. The quantitative estimate of drug-likeness (QED) is 0.623. The van der Waals surface area contributed by atoms with E-state index < -0.39 is 23.9 Å². The second-order valence-corrected chi connectivity index (χ2v) is 3.56. The maximum atomic E-state index is 12.2. The molecule has 1 amide bonds. The molecule has 0 radical (unpaired) electrons. The molecule has 0 saturated heterocycles. The monoisotopic (exact) mass is 195 g/mol. The Morgan fingerprint density at radius 1 is 1.31 bits per heavy atom. The zero-order valence-electron chi connectivity index (χ0n) is 7.56. The van der Waals surface area contributed by atoms with Crippen molar-refractivity contribution in [2.75, 3.05) is 14.1 Å². The van der Waals surface area contributed by atoms with Crippen LogP contribution in [-0.2, 0) is 4.79 Å². The Kier molecular flexibility index (Phi) is 2.54. The van der Waals surface area contributed by atoms with Crippen LogP contribution in [0, 0.1) is 11.8 Å². The molecule has 1 aliphatic rings. The van der Waals surface area contributed by atoms with Crippen molar-refractivity contribution in [1.82, 2.24) is 4.90 Å². The third-order valence-electron chi connectivity index (χ3n) is 2.45. The van der Waals surface area contributed by atoms with Crippen LogP contribution < -0.4 is 0 Å². The Hall–Kier alpha value is -0.740. The van der Waals surface area contributed by atoms with E-state index in [2.05, 4.69) is 0 Å². The molecule has 1 aliphatic carbocycles. The molecule has 0 spiro atoms. The second kappa shape index (κ2) is 3.20. The van der Waals surface area contributed by atoms with Gasteiger partial charge in [-0.15, -0.1) is 0 Å². The van der Waals surface area contributed by atoms with Gasteiger partial charge in [0.2, 0.25) is 5.91 Å². The van der Waals surface area contributed by atoms with Crippen molar-refractivity contribution in [1.29, 1.82) is 0 Å². The Morgan fingerprint density at radius 3 is 2.08 bits per heavy atom. The maximum Gasteiger partial charge on any atom is 0.392 e. The summed E-state index contributed by atoms with van der Waals surface area (Å²) in [6, 6.07) is 0. The number of carbonyl (C=O) groups is 1. The summed E-state index contributed by atoms with van der Waals surface area (Å²) in [5, 5.41) is 0. The van der Waals surface area contributed by atoms with Crippen LogP contribution >= 0.6 is 0 Å². The van der Waals surface area contributed by atoms with Crippen molar-refractivity contribution in [2.24, 2.45) is 11.8 Å². The first-order valence-corrected chi connectivity index (χ1v) is 4.12. The number of halogens is 3. The lowest BCUT2D eigenvalue weighted by Gasteiger charge is -2.37. The van der Waals surface area contributed by atoms with E-state index in [0.717, 1.165) is 0 Å². The molecule has 2 nitrogen and oxygen atoms in total. The molecule has 0 bridgehead atoms. The van der Waals surface area contributed by atoms with Crippen LogP contribution in [0.3, 0.4) is 0 Å². The third kappa shape index (κ3) is 1.95. The maximum absolute atomic E-state index is 12.2. The smallest absolute Gasteiger partial charge is 0.349 e. The molecule has 0 aliphatic heterocycles. The summed E-state index contributed by atoms with van der Waals surface area (Å²) in [5.41, 5.74) is 0. The molecule has 2 unspecified atom stereocenters. The van der Waals surface area contributed by atoms with Gasteiger partial charge in [0.05, 0.1) is 5.92 Å². The summed E-state index contributed by atoms with van der Waals surface area (Å²) in [4.78, 5) is 12.4. The molecule has 1 saturated carbocycles. The molecule has 1 rings (SSSR count). The largest absolute Gasteiger partial charge is 0.392 e. The Balaban J connectivity index is 2.60. The van der Waals surface area contributed by atoms with Gasteiger partial charge in [-0.2, -0.15) is 13.2 Å². The number of carbonyl (C=O) groups excluding carboxylic acids is 1. The third-order valence-corrected chi connectivity index (χ3v) is 2.45. The number of alkyl halides is 3. The summed E-state index contributed by atoms with van der Waals surface area (Å²) < 4.78 is 36.6. The van der Waals surface area contributed by atoms with E-state index in [1.165, 1.54) is 19.0 Å². The molecule has 0 heterocycles. The van der Waals surface area contributed by atoms with Crippen molar-refractivity contribution < 1.29 is 18.0 Å². The minimum Gasteiger partial charge on any atom is -0.349 e. The van der Waals surface area contributed by atoms with Gasteiger partial charge in [0, 0.05) is 20.0 Å². The van der Waals surface area contributed by atoms with E-state index in [4.69, 9.17) is 0 Å². The van der Waals surface area contributed by atoms with Crippen LogP contribution in [-0.4, -0.2) is 31.1 Å². The molecule has 0 N–H and O–H groups in total. The Bertz CT molecular complexity index is 212. The first-order chi connectivity index (χ1) is 5.84. The van der Waals surface area contributed by atoms with Gasteiger partial charge in [0.1, 0.15) is 0 Å². The van der Waals surface area contributed by atoms with E-state index in [1.54, 1.807) is 0 Å². The number of amides is 1. The normalized spacial score (nSPS) is 28.1. The van der Waals surface area contributed by atoms with Crippen molar-refractivity contribution in [2.45, 2.75) is 19.0 Å². The lowest BCUT2D eigenvalue weighted by Crippen LogP contribution is -2.46. The average molecular weight is 195 g/mol. The summed E-state index contributed by atoms with van der Waals surface area (Å²) in [6.07, 6.45) is -3.76. The number of hydrogen-bond acceptors (Lipinski definition) is 1. The van der Waals surface area contributed by atoms with Crippen LogP contribution in [0.4, 0.5) is 13.2 Å². The molecule has 1 fully saturated rings. The van der Waals surface area contributed by atoms with Crippen LogP contribution in [0.15, 0.2) is 0 Å². The number of hydrogen-bond donors (Lipinski definition) is 0. The predicted octanol–water partition coefficient (Wildman–Crippen LogP) is 1.66. The highest BCUT2D eigenvalue weighted by Gasteiger charge is 2.52. The Morgan fingerprint density at radius 2 is 1.85 bits per heavy atom. The molecular formula is C8H12F3NO. The van der Waals surface area contributed by atoms with E-state index in [-0.39, 0.29) is 6.42 Å². The van der Waals surface area contributed by atoms with Gasteiger partial charge in [-0.1, -0.05) is 0 Å². The van der Waals surface area contributed by atoms with Crippen LogP contribution in [0.1, 0.15) is 12.8 Å². The molecule has 2 atom stereocenters. The summed E-state index contributed by atoms with van der Waals surface area (Å²) in [5.74, 6) is -2.66. The summed E-state index contributed by atoms with van der Waals surface area (Å²) in [6.45, 7) is 0. The molecule has 5 heteroatoms. The first-order valence-electron chi connectivity index (χ1n) is 4.12. The highest BCUT2D eigenvalue weighted by Crippen LogP contribution is 2.46. The fourth-order valence-corrected chi connectivity index (χ4v) is 1.52. The zero-order chi connectivity index (χ0) is 10.2. The predicted molar refractivity (Wildman–Crippen MR) is 41.0 cm³/mol. The zero-order valence-corrected chi connectivity index (χ0v) is 7.56. The van der Waals surface area contributed by atoms with E-state index in [0.29, 0.717) is 6.42 Å². The SMILES string of the molecule is CN(C)C(=O)C1CCC1C(F)(F)F. The molecule has 0 aromatic rings. The summed E-state index contributed by atoms with van der Waals surface area (Å²) in [7, 11) is 2.96. The van der Waals surface area contributed by atoms with Gasteiger partial charge < -0.3 is 4.90 Å². The van der Waals surface area contributed by atoms with E-state index >= 15 is 0 Å². The number of nitrogens with zero attached hydrogens (tertiary/aromatic N) is 1. The second-order valence-electron chi connectivity index (χ2n) is 3.56. The highest BCUT2D eigenvalue weighted by atomic mass is 19.4. The minimum atomic E-state index is -4.21. The fourth-order valence-electron chi connectivity index (χ4n) is 1.52. The van der Waals surface area contributed by atoms with Crippen LogP contribution in [0.25, 0.3) is 0 Å². The van der Waals surface area contributed by atoms with Crippen molar-refractivity contribution >= 4 is 5.91 Å². The van der Waals surface area contributed by atoms with Gasteiger partial charge in [-0.05, 0) is 12.8 Å². The molecular weight excluding hydrogens is 183 g/mol. The van der Waals surface area contributed by atoms with Crippen LogP contribution in [0.2, 0.25) is 0 Å². The van der Waals surface area contributed by atoms with Crippen LogP contribution in [0.5, 0.6) is 0 Å². The summed E-state index contributed by atoms with van der Waals surface area (Å²) >= 11 is 0.